The van der Waals surface area contributed by atoms with Crippen LogP contribution in [0.4, 0.5) is 0 Å². The molecule has 0 saturated heterocycles. The molecule has 3 rings (SSSR count). The monoisotopic (exact) mass is 456 g/mol. The van der Waals surface area contributed by atoms with E-state index in [1.165, 1.54) is 7.11 Å². The van der Waals surface area contributed by atoms with Gasteiger partial charge >= 0.3 is 0 Å². The molecule has 0 aromatic heterocycles. The zero-order chi connectivity index (χ0) is 23.4. The maximum Gasteiger partial charge on any atom is 0.106 e. The third-order valence-electron chi connectivity index (χ3n) is 7.70. The average Bonchev–Trinajstić information content (AvgIpc) is 2.76. The maximum absolute atomic E-state index is 10.5. The Morgan fingerprint density at radius 1 is 0.625 bits per heavy atom. The molecule has 184 valence electrons. The Balaban J connectivity index is 1.60. The van der Waals surface area contributed by atoms with Crippen LogP contribution >= 0.6 is 0 Å². The van der Waals surface area contributed by atoms with E-state index >= 15 is 0 Å². The highest BCUT2D eigenvalue weighted by Gasteiger charge is 2.37. The van der Waals surface area contributed by atoms with Crippen molar-refractivity contribution in [1.29, 1.82) is 0 Å². The molecule has 0 heterocycles. The summed E-state index contributed by atoms with van der Waals surface area (Å²) in [5.41, 5.74) is 0. The zero-order valence-electron chi connectivity index (χ0n) is 18.7. The second-order valence-electron chi connectivity index (χ2n) is 10.00. The fourth-order valence-corrected chi connectivity index (χ4v) is 5.59. The minimum Gasteiger partial charge on any atom is -0.396 e. The number of rotatable bonds is 6. The molecule has 3 fully saturated rings. The Morgan fingerprint density at radius 3 is 1.69 bits per heavy atom. The normalized spacial score (nSPS) is 48.5. The van der Waals surface area contributed by atoms with E-state index < -0.39 is 42.7 Å². The van der Waals surface area contributed by atoms with Crippen molar-refractivity contribution in [3.05, 3.63) is 24.3 Å². The first-order chi connectivity index (χ1) is 15.2. The number of ether oxygens (including phenoxy) is 1. The third kappa shape index (κ3) is 6.18. The van der Waals surface area contributed by atoms with Gasteiger partial charge in [0.1, 0.15) is 6.10 Å². The van der Waals surface area contributed by atoms with Crippen LogP contribution in [-0.2, 0) is 4.74 Å². The number of hydrogen-bond donors (Lipinski definition) is 7. The van der Waals surface area contributed by atoms with Crippen LogP contribution in [-0.4, -0.2) is 92.2 Å². The second kappa shape index (κ2) is 11.5. The molecular formula is C24H40O8. The SMILES string of the molecule is COC1CC(/C=C/C2CC(/C=C/C3CC(O)C(O)C(CO)C3)C(O)CC2O)CC(O)C1O. The molecule has 8 nitrogen and oxygen atoms in total. The van der Waals surface area contributed by atoms with Gasteiger partial charge in [-0.05, 0) is 43.9 Å². The highest BCUT2D eigenvalue weighted by Crippen LogP contribution is 2.36. The van der Waals surface area contributed by atoms with Crippen LogP contribution in [0.2, 0.25) is 0 Å². The lowest BCUT2D eigenvalue weighted by Crippen LogP contribution is -2.45. The van der Waals surface area contributed by atoms with Gasteiger partial charge in [-0.25, -0.2) is 0 Å². The van der Waals surface area contributed by atoms with Gasteiger partial charge in [0.15, 0.2) is 0 Å². The van der Waals surface area contributed by atoms with Gasteiger partial charge in [0.05, 0.1) is 36.6 Å². The predicted molar refractivity (Wildman–Crippen MR) is 117 cm³/mol. The van der Waals surface area contributed by atoms with Gasteiger partial charge in [-0.15, -0.1) is 0 Å². The van der Waals surface area contributed by atoms with Crippen molar-refractivity contribution in [2.75, 3.05) is 13.7 Å². The van der Waals surface area contributed by atoms with Gasteiger partial charge in [-0.3, -0.25) is 0 Å². The van der Waals surface area contributed by atoms with Crippen molar-refractivity contribution in [3.8, 4) is 0 Å². The first-order valence-electron chi connectivity index (χ1n) is 11.8. The molecule has 0 amide bonds. The largest absolute Gasteiger partial charge is 0.396 e. The van der Waals surface area contributed by atoms with E-state index in [-0.39, 0.29) is 42.6 Å². The van der Waals surface area contributed by atoms with Gasteiger partial charge in [-0.1, -0.05) is 24.3 Å². The Morgan fingerprint density at radius 2 is 1.16 bits per heavy atom. The fraction of sp³-hybridized carbons (Fsp3) is 0.833. The van der Waals surface area contributed by atoms with Gasteiger partial charge in [-0.2, -0.15) is 0 Å². The fourth-order valence-electron chi connectivity index (χ4n) is 5.59. The van der Waals surface area contributed by atoms with Crippen LogP contribution in [0.5, 0.6) is 0 Å². The number of aliphatic hydroxyl groups is 7. The van der Waals surface area contributed by atoms with Crippen LogP contribution in [0.3, 0.4) is 0 Å². The van der Waals surface area contributed by atoms with Crippen molar-refractivity contribution < 1.29 is 40.5 Å². The summed E-state index contributed by atoms with van der Waals surface area (Å²) in [5.74, 6) is -0.587. The smallest absolute Gasteiger partial charge is 0.106 e. The zero-order valence-corrected chi connectivity index (χ0v) is 18.7. The second-order valence-corrected chi connectivity index (χ2v) is 10.00. The molecule has 12 unspecified atom stereocenters. The summed E-state index contributed by atoms with van der Waals surface area (Å²) >= 11 is 0. The van der Waals surface area contributed by atoms with E-state index in [0.717, 1.165) is 0 Å². The molecular weight excluding hydrogens is 416 g/mol. The molecule has 0 radical (unpaired) electrons. The van der Waals surface area contributed by atoms with E-state index in [4.69, 9.17) is 4.74 Å². The lowest BCUT2D eigenvalue weighted by Gasteiger charge is -2.37. The minimum absolute atomic E-state index is 0.0136. The van der Waals surface area contributed by atoms with Gasteiger partial charge in [0.25, 0.3) is 0 Å². The first-order valence-corrected chi connectivity index (χ1v) is 11.8. The van der Waals surface area contributed by atoms with Crippen molar-refractivity contribution in [2.24, 2.45) is 29.6 Å². The van der Waals surface area contributed by atoms with Gasteiger partial charge in [0.2, 0.25) is 0 Å². The van der Waals surface area contributed by atoms with E-state index in [1.54, 1.807) is 0 Å². The third-order valence-corrected chi connectivity index (χ3v) is 7.70. The number of hydrogen-bond acceptors (Lipinski definition) is 8. The molecule has 8 heteroatoms. The number of aliphatic hydroxyl groups excluding tert-OH is 7. The Hall–Kier alpha value is -0.840. The van der Waals surface area contributed by atoms with Crippen LogP contribution in [0.15, 0.2) is 24.3 Å². The highest BCUT2D eigenvalue weighted by molar-refractivity contribution is 5.07. The molecule has 0 aromatic rings. The summed E-state index contributed by atoms with van der Waals surface area (Å²) < 4.78 is 5.28. The number of methoxy groups -OCH3 is 1. The van der Waals surface area contributed by atoms with E-state index in [9.17, 15) is 35.7 Å². The lowest BCUT2D eigenvalue weighted by atomic mass is 9.74. The van der Waals surface area contributed by atoms with Gasteiger partial charge < -0.3 is 40.5 Å². The summed E-state index contributed by atoms with van der Waals surface area (Å²) in [6.07, 6.45) is 5.47. The quantitative estimate of drug-likeness (QED) is 0.270. The molecule has 32 heavy (non-hydrogen) atoms. The molecule has 0 aliphatic heterocycles. The molecule has 3 aliphatic carbocycles. The van der Waals surface area contributed by atoms with Crippen LogP contribution in [0, 0.1) is 29.6 Å². The molecule has 7 N–H and O–H groups in total. The summed E-state index contributed by atoms with van der Waals surface area (Å²) in [6, 6.07) is 0. The Labute approximate surface area is 189 Å². The van der Waals surface area contributed by atoms with Gasteiger partial charge in [0, 0.05) is 37.9 Å². The average molecular weight is 457 g/mol. The van der Waals surface area contributed by atoms with Crippen LogP contribution in [0.25, 0.3) is 0 Å². The van der Waals surface area contributed by atoms with Crippen LogP contribution in [0.1, 0.15) is 38.5 Å². The first kappa shape index (κ1) is 25.8. The van der Waals surface area contributed by atoms with Crippen molar-refractivity contribution in [1.82, 2.24) is 0 Å². The maximum atomic E-state index is 10.5. The summed E-state index contributed by atoms with van der Waals surface area (Å²) in [6.45, 7) is -0.176. The van der Waals surface area contributed by atoms with E-state index in [0.29, 0.717) is 32.1 Å². The van der Waals surface area contributed by atoms with Crippen molar-refractivity contribution >= 4 is 0 Å². The molecule has 0 bridgehead atoms. The standard InChI is InChI=1S/C24H40O8/c1-32-22-9-14(8-21(29)24(22)31)3-5-16-10-15(18(26)11-19(16)27)4-2-13-6-17(12-25)23(30)20(28)7-13/h2-5,13-31H,6-12H2,1H3/b4-2+,5-3+. The number of allylic oxidation sites excluding steroid dienone is 2. The summed E-state index contributed by atoms with van der Waals surface area (Å²) in [7, 11) is 1.52. The topological polar surface area (TPSA) is 151 Å². The van der Waals surface area contributed by atoms with Crippen molar-refractivity contribution in [3.63, 3.8) is 0 Å². The highest BCUT2D eigenvalue weighted by atomic mass is 16.5. The molecule has 3 saturated carbocycles. The van der Waals surface area contributed by atoms with E-state index in [2.05, 4.69) is 0 Å². The summed E-state index contributed by atoms with van der Waals surface area (Å²) in [4.78, 5) is 0. The summed E-state index contributed by atoms with van der Waals surface area (Å²) in [5, 5.41) is 70.5. The Kier molecular flexibility index (Phi) is 9.29. The predicted octanol–water partition coefficient (Wildman–Crippen LogP) is -0.266. The van der Waals surface area contributed by atoms with Crippen molar-refractivity contribution in [2.45, 2.75) is 81.3 Å². The molecule has 0 aromatic carbocycles. The van der Waals surface area contributed by atoms with E-state index in [1.807, 2.05) is 24.3 Å². The van der Waals surface area contributed by atoms with Crippen LogP contribution < -0.4 is 0 Å². The molecule has 0 spiro atoms. The minimum atomic E-state index is -0.910. The molecule has 12 atom stereocenters. The lowest BCUT2D eigenvalue weighted by molar-refractivity contribution is -0.108. The Bertz CT molecular complexity index is 587. The molecule has 3 aliphatic rings.